The number of rotatable bonds is 7. The number of anilines is 1. The minimum absolute atomic E-state index is 0.479. The minimum atomic E-state index is 0.479. The van der Waals surface area contributed by atoms with E-state index in [-0.39, 0.29) is 0 Å². The van der Waals surface area contributed by atoms with E-state index in [9.17, 15) is 0 Å². The largest absolute Gasteiger partial charge is 0.357 e. The second-order valence-corrected chi connectivity index (χ2v) is 6.64. The average Bonchev–Trinajstić information content (AvgIpc) is 3.00. The maximum Gasteiger partial charge on any atom is 0.129 e. The number of hydrogen-bond acceptors (Lipinski definition) is 3. The first-order chi connectivity index (χ1) is 10.1. The van der Waals surface area contributed by atoms with E-state index >= 15 is 0 Å². The van der Waals surface area contributed by atoms with E-state index in [0.717, 1.165) is 18.9 Å². The Morgan fingerprint density at radius 1 is 1.29 bits per heavy atom. The zero-order valence-electron chi connectivity index (χ0n) is 14.2. The van der Waals surface area contributed by atoms with Crippen molar-refractivity contribution in [3.8, 4) is 0 Å². The van der Waals surface area contributed by atoms with Gasteiger partial charge < -0.3 is 10.2 Å². The first-order valence-electron chi connectivity index (χ1n) is 8.56. The van der Waals surface area contributed by atoms with Crippen molar-refractivity contribution in [3.05, 3.63) is 23.4 Å². The summed E-state index contributed by atoms with van der Waals surface area (Å²) in [6.07, 6.45) is 6.53. The third-order valence-corrected chi connectivity index (χ3v) is 4.47. The molecule has 0 atom stereocenters. The van der Waals surface area contributed by atoms with E-state index in [2.05, 4.69) is 50.2 Å². The molecule has 0 unspecified atom stereocenters. The summed E-state index contributed by atoms with van der Waals surface area (Å²) in [7, 11) is 2.21. The van der Waals surface area contributed by atoms with Crippen molar-refractivity contribution in [2.75, 3.05) is 18.5 Å². The quantitative estimate of drug-likeness (QED) is 0.767. The van der Waals surface area contributed by atoms with Crippen LogP contribution >= 0.6 is 0 Å². The average molecular weight is 289 g/mol. The van der Waals surface area contributed by atoms with Crippen molar-refractivity contribution in [1.82, 2.24) is 10.3 Å². The fourth-order valence-corrected chi connectivity index (χ4v) is 3.06. The molecular formula is C18H31N3. The van der Waals surface area contributed by atoms with Gasteiger partial charge in [0.15, 0.2) is 0 Å². The van der Waals surface area contributed by atoms with Crippen LogP contribution in [0.1, 0.15) is 70.1 Å². The van der Waals surface area contributed by atoms with Gasteiger partial charge in [0.2, 0.25) is 0 Å². The molecule has 1 aromatic rings. The van der Waals surface area contributed by atoms with Crippen LogP contribution in [0.3, 0.4) is 0 Å². The zero-order valence-corrected chi connectivity index (χ0v) is 14.2. The van der Waals surface area contributed by atoms with Gasteiger partial charge in [0.05, 0.1) is 0 Å². The molecule has 0 radical (unpaired) electrons. The summed E-state index contributed by atoms with van der Waals surface area (Å²) >= 11 is 0. The van der Waals surface area contributed by atoms with Crippen LogP contribution in [-0.2, 0) is 6.54 Å². The van der Waals surface area contributed by atoms with Gasteiger partial charge in [0, 0.05) is 25.3 Å². The molecule has 0 spiro atoms. The van der Waals surface area contributed by atoms with Crippen LogP contribution in [-0.4, -0.2) is 24.6 Å². The molecule has 1 fully saturated rings. The fourth-order valence-electron chi connectivity index (χ4n) is 3.06. The van der Waals surface area contributed by atoms with E-state index in [1.54, 1.807) is 0 Å². The Morgan fingerprint density at radius 2 is 2.00 bits per heavy atom. The maximum atomic E-state index is 4.90. The molecule has 3 nitrogen and oxygen atoms in total. The molecule has 3 heteroatoms. The summed E-state index contributed by atoms with van der Waals surface area (Å²) in [6, 6.07) is 5.21. The van der Waals surface area contributed by atoms with Crippen LogP contribution in [0.5, 0.6) is 0 Å². The molecule has 1 heterocycles. The summed E-state index contributed by atoms with van der Waals surface area (Å²) in [5, 5.41) is 3.51. The van der Waals surface area contributed by atoms with Crippen LogP contribution in [0.2, 0.25) is 0 Å². The number of nitrogens with one attached hydrogen (secondary N) is 1. The highest BCUT2D eigenvalue weighted by molar-refractivity contribution is 5.44. The smallest absolute Gasteiger partial charge is 0.129 e. The van der Waals surface area contributed by atoms with Crippen molar-refractivity contribution >= 4 is 5.82 Å². The van der Waals surface area contributed by atoms with Gasteiger partial charge in [-0.1, -0.05) is 33.6 Å². The Morgan fingerprint density at radius 3 is 2.62 bits per heavy atom. The number of hydrogen-bond donors (Lipinski definition) is 1. The molecule has 0 aliphatic heterocycles. The van der Waals surface area contributed by atoms with Crippen molar-refractivity contribution in [1.29, 1.82) is 0 Å². The SMILES string of the molecule is CCCNCc1cc(C(C)C)nc(N(C)C2CCCC2)c1. The molecule has 118 valence electrons. The number of nitrogens with zero attached hydrogens (tertiary/aromatic N) is 2. The summed E-state index contributed by atoms with van der Waals surface area (Å²) in [5.41, 5.74) is 2.58. The zero-order chi connectivity index (χ0) is 15.2. The van der Waals surface area contributed by atoms with Crippen LogP contribution in [0.15, 0.2) is 12.1 Å². The predicted molar refractivity (Wildman–Crippen MR) is 91.0 cm³/mol. The van der Waals surface area contributed by atoms with Crippen molar-refractivity contribution in [2.45, 2.75) is 71.4 Å². The third kappa shape index (κ3) is 4.44. The maximum absolute atomic E-state index is 4.90. The molecule has 0 aromatic carbocycles. The molecule has 0 saturated heterocycles. The van der Waals surface area contributed by atoms with Crippen LogP contribution in [0.25, 0.3) is 0 Å². The van der Waals surface area contributed by atoms with Gasteiger partial charge in [0.1, 0.15) is 5.82 Å². The van der Waals surface area contributed by atoms with Gasteiger partial charge in [-0.2, -0.15) is 0 Å². The summed E-state index contributed by atoms with van der Waals surface area (Å²) in [6.45, 7) is 8.68. The van der Waals surface area contributed by atoms with Crippen LogP contribution in [0, 0.1) is 0 Å². The van der Waals surface area contributed by atoms with Gasteiger partial charge in [-0.05, 0) is 49.4 Å². The Bertz CT molecular complexity index is 436. The lowest BCUT2D eigenvalue weighted by Crippen LogP contribution is -2.30. The molecule has 1 aliphatic rings. The summed E-state index contributed by atoms with van der Waals surface area (Å²) in [5.74, 6) is 1.63. The van der Waals surface area contributed by atoms with Gasteiger partial charge in [0.25, 0.3) is 0 Å². The minimum Gasteiger partial charge on any atom is -0.357 e. The lowest BCUT2D eigenvalue weighted by Gasteiger charge is -2.27. The molecular weight excluding hydrogens is 258 g/mol. The van der Waals surface area contributed by atoms with Gasteiger partial charge in [-0.25, -0.2) is 4.98 Å². The van der Waals surface area contributed by atoms with Crippen LogP contribution < -0.4 is 10.2 Å². The Labute approximate surface area is 130 Å². The number of pyridine rings is 1. The molecule has 1 aromatic heterocycles. The second kappa shape index (κ2) is 7.79. The molecule has 1 saturated carbocycles. The summed E-state index contributed by atoms with van der Waals surface area (Å²) < 4.78 is 0. The fraction of sp³-hybridized carbons (Fsp3) is 0.722. The normalized spacial score (nSPS) is 15.9. The molecule has 0 bridgehead atoms. The van der Waals surface area contributed by atoms with Gasteiger partial charge in [-0.15, -0.1) is 0 Å². The highest BCUT2D eigenvalue weighted by Crippen LogP contribution is 2.27. The Hall–Kier alpha value is -1.09. The van der Waals surface area contributed by atoms with E-state index in [0.29, 0.717) is 12.0 Å². The number of aromatic nitrogens is 1. The van der Waals surface area contributed by atoms with E-state index in [1.807, 2.05) is 0 Å². The third-order valence-electron chi connectivity index (χ3n) is 4.47. The highest BCUT2D eigenvalue weighted by atomic mass is 15.2. The lowest BCUT2D eigenvalue weighted by atomic mass is 10.1. The Balaban J connectivity index is 2.17. The monoisotopic (exact) mass is 289 g/mol. The molecule has 2 rings (SSSR count). The highest BCUT2D eigenvalue weighted by Gasteiger charge is 2.21. The molecule has 0 amide bonds. The van der Waals surface area contributed by atoms with Gasteiger partial charge >= 0.3 is 0 Å². The standard InChI is InChI=1S/C18H31N3/c1-5-10-19-13-15-11-17(14(2)3)20-18(12-15)21(4)16-8-6-7-9-16/h11-12,14,16,19H,5-10,13H2,1-4H3. The second-order valence-electron chi connectivity index (χ2n) is 6.64. The molecule has 1 N–H and O–H groups in total. The summed E-state index contributed by atoms with van der Waals surface area (Å²) in [4.78, 5) is 7.31. The van der Waals surface area contributed by atoms with Crippen molar-refractivity contribution in [3.63, 3.8) is 0 Å². The van der Waals surface area contributed by atoms with E-state index in [1.165, 1.54) is 43.4 Å². The molecule has 1 aliphatic carbocycles. The topological polar surface area (TPSA) is 28.2 Å². The lowest BCUT2D eigenvalue weighted by molar-refractivity contribution is 0.639. The predicted octanol–water partition coefficient (Wildman–Crippen LogP) is 4.08. The van der Waals surface area contributed by atoms with Crippen molar-refractivity contribution in [2.24, 2.45) is 0 Å². The van der Waals surface area contributed by atoms with E-state index < -0.39 is 0 Å². The molecule has 21 heavy (non-hydrogen) atoms. The van der Waals surface area contributed by atoms with Crippen LogP contribution in [0.4, 0.5) is 5.82 Å². The van der Waals surface area contributed by atoms with Gasteiger partial charge in [-0.3, -0.25) is 0 Å². The van der Waals surface area contributed by atoms with Crippen molar-refractivity contribution < 1.29 is 0 Å². The first kappa shape index (κ1) is 16.3. The van der Waals surface area contributed by atoms with E-state index in [4.69, 9.17) is 4.98 Å². The Kier molecular flexibility index (Phi) is 6.04. The first-order valence-corrected chi connectivity index (χ1v) is 8.56.